The number of aromatic nitrogens is 2. The lowest BCUT2D eigenvalue weighted by Gasteiger charge is -2.18. The van der Waals surface area contributed by atoms with Crippen LogP contribution in [0.15, 0.2) is 56.5 Å². The van der Waals surface area contributed by atoms with Gasteiger partial charge < -0.3 is 14.2 Å². The number of benzene rings is 2. The van der Waals surface area contributed by atoms with Gasteiger partial charge in [-0.1, -0.05) is 12.1 Å². The van der Waals surface area contributed by atoms with Gasteiger partial charge in [0.05, 0.1) is 17.3 Å². The van der Waals surface area contributed by atoms with Crippen LogP contribution in [-0.4, -0.2) is 33.9 Å². The SMILES string of the molecule is COC(=O)[C@@H](Oc1ccccc1Oc1cc(-n2c(=O)cc(C(F)(F)F)n(C)c2=O)c(F)cc1Br)SC. The van der Waals surface area contributed by atoms with Gasteiger partial charge in [-0.05, 0) is 40.4 Å². The first-order chi connectivity index (χ1) is 16.9. The van der Waals surface area contributed by atoms with E-state index >= 15 is 0 Å². The Kier molecular flexibility index (Phi) is 8.19. The molecule has 0 aliphatic carbocycles. The van der Waals surface area contributed by atoms with Gasteiger partial charge in [-0.2, -0.15) is 13.2 Å². The Balaban J connectivity index is 2.09. The molecule has 0 saturated heterocycles. The molecule has 0 amide bonds. The van der Waals surface area contributed by atoms with Crippen molar-refractivity contribution < 1.29 is 36.6 Å². The molecular formula is C22H17BrF4N2O6S. The van der Waals surface area contributed by atoms with Gasteiger partial charge in [-0.15, -0.1) is 11.8 Å². The largest absolute Gasteiger partial charge is 0.466 e. The zero-order valence-corrected chi connectivity index (χ0v) is 21.2. The highest BCUT2D eigenvalue weighted by molar-refractivity contribution is 9.10. The summed E-state index contributed by atoms with van der Waals surface area (Å²) in [5, 5.41) is 0. The first kappa shape index (κ1) is 27.3. The molecule has 8 nitrogen and oxygen atoms in total. The maximum absolute atomic E-state index is 14.8. The van der Waals surface area contributed by atoms with Gasteiger partial charge in [-0.3, -0.25) is 9.36 Å². The van der Waals surface area contributed by atoms with Crippen molar-refractivity contribution in [2.45, 2.75) is 11.6 Å². The number of rotatable bonds is 7. The minimum atomic E-state index is -4.97. The fourth-order valence-electron chi connectivity index (χ4n) is 3.04. The van der Waals surface area contributed by atoms with E-state index in [1.165, 1.54) is 19.2 Å². The summed E-state index contributed by atoms with van der Waals surface area (Å²) in [5.74, 6) is -1.64. The zero-order valence-electron chi connectivity index (χ0n) is 18.8. The molecule has 1 aromatic heterocycles. The van der Waals surface area contributed by atoms with Gasteiger partial charge in [-0.25, -0.2) is 18.5 Å². The molecule has 0 saturated carbocycles. The number of carbonyl (C=O) groups is 1. The van der Waals surface area contributed by atoms with Gasteiger partial charge in [0.15, 0.2) is 11.5 Å². The first-order valence-electron chi connectivity index (χ1n) is 9.83. The minimum absolute atomic E-state index is 0.0599. The van der Waals surface area contributed by atoms with Crippen molar-refractivity contribution in [3.8, 4) is 22.9 Å². The molecule has 1 heterocycles. The van der Waals surface area contributed by atoms with Crippen LogP contribution >= 0.6 is 27.7 Å². The Morgan fingerprint density at radius 2 is 1.72 bits per heavy atom. The molecule has 0 fully saturated rings. The van der Waals surface area contributed by atoms with E-state index in [2.05, 4.69) is 20.7 Å². The molecule has 2 aromatic carbocycles. The fraction of sp³-hybridized carbons (Fsp3) is 0.227. The molecular weight excluding hydrogens is 576 g/mol. The molecule has 192 valence electrons. The van der Waals surface area contributed by atoms with Crippen molar-refractivity contribution in [1.29, 1.82) is 0 Å². The number of para-hydroxylation sites is 2. The predicted molar refractivity (Wildman–Crippen MR) is 126 cm³/mol. The lowest BCUT2D eigenvalue weighted by Crippen LogP contribution is -2.41. The summed E-state index contributed by atoms with van der Waals surface area (Å²) >= 11 is 4.18. The van der Waals surface area contributed by atoms with Crippen LogP contribution in [0, 0.1) is 5.82 Å². The molecule has 3 rings (SSSR count). The summed E-state index contributed by atoms with van der Waals surface area (Å²) in [7, 11) is 2.01. The van der Waals surface area contributed by atoms with Crippen LogP contribution in [-0.2, 0) is 22.8 Å². The van der Waals surface area contributed by atoms with Crippen molar-refractivity contribution in [3.05, 3.63) is 79.3 Å². The second-order valence-electron chi connectivity index (χ2n) is 7.03. The van der Waals surface area contributed by atoms with Gasteiger partial charge in [0.1, 0.15) is 17.3 Å². The van der Waals surface area contributed by atoms with E-state index in [-0.39, 0.29) is 36.9 Å². The van der Waals surface area contributed by atoms with Crippen LogP contribution in [0.25, 0.3) is 5.69 Å². The Hall–Kier alpha value is -3.26. The van der Waals surface area contributed by atoms with E-state index in [0.29, 0.717) is 0 Å². The molecule has 0 N–H and O–H groups in total. The minimum Gasteiger partial charge on any atom is -0.466 e. The van der Waals surface area contributed by atoms with Crippen molar-refractivity contribution in [2.75, 3.05) is 13.4 Å². The van der Waals surface area contributed by atoms with Gasteiger partial charge in [0, 0.05) is 19.2 Å². The van der Waals surface area contributed by atoms with Gasteiger partial charge in [0.2, 0.25) is 5.44 Å². The van der Waals surface area contributed by atoms with Gasteiger partial charge in [0.25, 0.3) is 5.56 Å². The number of ether oxygens (including phenoxy) is 3. The van der Waals surface area contributed by atoms with Crippen LogP contribution in [0.5, 0.6) is 17.2 Å². The molecule has 0 unspecified atom stereocenters. The third kappa shape index (κ3) is 5.59. The lowest BCUT2D eigenvalue weighted by molar-refractivity contribution is -0.145. The zero-order chi connectivity index (χ0) is 26.8. The number of hydrogen-bond acceptors (Lipinski definition) is 7. The quantitative estimate of drug-likeness (QED) is 0.227. The highest BCUT2D eigenvalue weighted by Gasteiger charge is 2.35. The Morgan fingerprint density at radius 1 is 1.08 bits per heavy atom. The van der Waals surface area contributed by atoms with Crippen molar-refractivity contribution in [3.63, 3.8) is 0 Å². The van der Waals surface area contributed by atoms with E-state index in [0.717, 1.165) is 30.9 Å². The van der Waals surface area contributed by atoms with Crippen LogP contribution in [0.2, 0.25) is 0 Å². The smallest absolute Gasteiger partial charge is 0.431 e. The van der Waals surface area contributed by atoms with E-state index in [1.54, 1.807) is 18.4 Å². The van der Waals surface area contributed by atoms with Crippen molar-refractivity contribution in [1.82, 2.24) is 9.13 Å². The molecule has 14 heteroatoms. The van der Waals surface area contributed by atoms with E-state index in [1.807, 2.05) is 0 Å². The molecule has 0 bridgehead atoms. The molecule has 3 aromatic rings. The van der Waals surface area contributed by atoms with Crippen LogP contribution in [0.4, 0.5) is 17.6 Å². The van der Waals surface area contributed by atoms with Gasteiger partial charge >= 0.3 is 17.8 Å². The van der Waals surface area contributed by atoms with Crippen molar-refractivity contribution >= 4 is 33.7 Å². The maximum Gasteiger partial charge on any atom is 0.431 e. The highest BCUT2D eigenvalue weighted by Crippen LogP contribution is 2.38. The molecule has 0 aliphatic rings. The standard InChI is InChI=1S/C22H17BrF4N2O6S/c1-28-17(22(25,26)27)10-18(30)29(21(28)32)13-9-16(11(23)8-12(13)24)34-14-6-4-5-7-15(14)35-20(36-3)19(31)33-2/h4-10,20H,1-3H3/t20-/m0/s1. The summed E-state index contributed by atoms with van der Waals surface area (Å²) in [6.07, 6.45) is -3.35. The second-order valence-corrected chi connectivity index (χ2v) is 8.79. The summed E-state index contributed by atoms with van der Waals surface area (Å²) < 4.78 is 70.9. The normalized spacial score (nSPS) is 12.2. The number of hydrogen-bond donors (Lipinski definition) is 0. The first-order valence-corrected chi connectivity index (χ1v) is 11.9. The Labute approximate surface area is 213 Å². The molecule has 36 heavy (non-hydrogen) atoms. The number of esters is 1. The Morgan fingerprint density at radius 3 is 2.31 bits per heavy atom. The van der Waals surface area contributed by atoms with Crippen LogP contribution in [0.1, 0.15) is 5.69 Å². The number of halogens is 5. The van der Waals surface area contributed by atoms with E-state index in [4.69, 9.17) is 9.47 Å². The third-order valence-corrected chi connectivity index (χ3v) is 6.10. The number of methoxy groups -OCH3 is 1. The number of thioether (sulfide) groups is 1. The van der Waals surface area contributed by atoms with E-state index < -0.39 is 46.0 Å². The average molecular weight is 593 g/mol. The molecule has 1 atom stereocenters. The van der Waals surface area contributed by atoms with Crippen molar-refractivity contribution in [2.24, 2.45) is 7.05 Å². The lowest BCUT2D eigenvalue weighted by atomic mass is 10.2. The van der Waals surface area contributed by atoms with E-state index in [9.17, 15) is 31.9 Å². The third-order valence-electron chi connectivity index (χ3n) is 4.76. The molecule has 0 radical (unpaired) electrons. The highest BCUT2D eigenvalue weighted by atomic mass is 79.9. The summed E-state index contributed by atoms with van der Waals surface area (Å²) in [5.41, 5.74) is -5.94. The molecule has 0 spiro atoms. The summed E-state index contributed by atoms with van der Waals surface area (Å²) in [6.45, 7) is 0. The van der Waals surface area contributed by atoms with Crippen LogP contribution in [0.3, 0.4) is 0 Å². The maximum atomic E-state index is 14.8. The Bertz CT molecular complexity index is 1420. The molecule has 0 aliphatic heterocycles. The summed E-state index contributed by atoms with van der Waals surface area (Å²) in [6, 6.07) is 8.21. The number of alkyl halides is 3. The monoisotopic (exact) mass is 592 g/mol. The predicted octanol–water partition coefficient (Wildman–Crippen LogP) is 4.49. The topological polar surface area (TPSA) is 88.8 Å². The number of nitrogens with zero attached hydrogens (tertiary/aromatic N) is 2. The number of carbonyl (C=O) groups excluding carboxylic acids is 1. The van der Waals surface area contributed by atoms with Crippen LogP contribution < -0.4 is 20.7 Å². The average Bonchev–Trinajstić information content (AvgIpc) is 2.82. The summed E-state index contributed by atoms with van der Waals surface area (Å²) in [4.78, 5) is 36.9. The fourth-order valence-corrected chi connectivity index (χ4v) is 3.93. The second kappa shape index (κ2) is 10.8.